The van der Waals surface area contributed by atoms with E-state index in [1.165, 1.54) is 0 Å². The zero-order chi connectivity index (χ0) is 17.0. The maximum Gasteiger partial charge on any atom is 0.224 e. The first-order valence-electron chi connectivity index (χ1n) is 6.94. The summed E-state index contributed by atoms with van der Waals surface area (Å²) in [5, 5.41) is 11.5. The van der Waals surface area contributed by atoms with Crippen LogP contribution < -0.4 is 5.32 Å². The maximum atomic E-state index is 13.6. The zero-order valence-corrected chi connectivity index (χ0v) is 13.2. The van der Waals surface area contributed by atoms with Crippen LogP contribution in [-0.4, -0.2) is 16.8 Å². The summed E-state index contributed by atoms with van der Waals surface area (Å²) < 4.78 is 13.6. The molecule has 23 heavy (non-hydrogen) atoms. The molecule has 0 fully saturated rings. The summed E-state index contributed by atoms with van der Waals surface area (Å²) in [6.07, 6.45) is -0.0625. The molecule has 2 aromatic carbocycles. The molecule has 0 spiro atoms. The lowest BCUT2D eigenvalue weighted by Crippen LogP contribution is -2.14. The topological polar surface area (TPSA) is 66.4 Å². The number of benzene rings is 2. The van der Waals surface area contributed by atoms with Crippen molar-refractivity contribution in [3.05, 3.63) is 58.4 Å². The van der Waals surface area contributed by atoms with Gasteiger partial charge in [0, 0.05) is 24.5 Å². The fourth-order valence-corrected chi connectivity index (χ4v) is 2.12. The molecule has 0 atom stereocenters. The van der Waals surface area contributed by atoms with E-state index in [1.807, 2.05) is 19.1 Å². The van der Waals surface area contributed by atoms with Gasteiger partial charge in [-0.05, 0) is 13.0 Å². The van der Waals surface area contributed by atoms with Crippen molar-refractivity contribution >= 4 is 29.0 Å². The molecule has 2 rings (SSSR count). The van der Waals surface area contributed by atoms with Crippen LogP contribution in [0.25, 0.3) is 0 Å². The Labute approximate surface area is 137 Å². The Morgan fingerprint density at radius 1 is 1.17 bits per heavy atom. The van der Waals surface area contributed by atoms with Gasteiger partial charge in [0.15, 0.2) is 5.78 Å². The first kappa shape index (κ1) is 17.0. The first-order valence-corrected chi connectivity index (χ1v) is 7.32. The molecule has 1 amide bonds. The van der Waals surface area contributed by atoms with Crippen molar-refractivity contribution < 1.29 is 19.1 Å². The molecule has 0 aliphatic heterocycles. The third-order valence-corrected chi connectivity index (χ3v) is 3.57. The second-order valence-electron chi connectivity index (χ2n) is 5.12. The van der Waals surface area contributed by atoms with Crippen LogP contribution in [0, 0.1) is 12.7 Å². The van der Waals surface area contributed by atoms with Crippen molar-refractivity contribution in [2.45, 2.75) is 19.8 Å². The van der Waals surface area contributed by atoms with Crippen molar-refractivity contribution in [3.8, 4) is 5.75 Å². The summed E-state index contributed by atoms with van der Waals surface area (Å²) >= 11 is 5.67. The number of Topliss-reactive ketones (excluding diaryl/α,β-unsaturated/α-hetero) is 1. The number of hydrogen-bond acceptors (Lipinski definition) is 3. The number of phenolic OH excluding ortho intramolecular Hbond substituents is 1. The largest absolute Gasteiger partial charge is 0.506 e. The molecule has 0 bridgehead atoms. The van der Waals surface area contributed by atoms with Crippen molar-refractivity contribution in [2.75, 3.05) is 5.32 Å². The normalized spacial score (nSPS) is 10.4. The van der Waals surface area contributed by atoms with E-state index in [0.29, 0.717) is 5.56 Å². The minimum Gasteiger partial charge on any atom is -0.506 e. The molecule has 0 saturated carbocycles. The van der Waals surface area contributed by atoms with Crippen LogP contribution in [0.15, 0.2) is 36.4 Å². The van der Waals surface area contributed by atoms with Gasteiger partial charge in [-0.15, -0.1) is 0 Å². The van der Waals surface area contributed by atoms with Gasteiger partial charge in [-0.2, -0.15) is 0 Å². The lowest BCUT2D eigenvalue weighted by Gasteiger charge is -2.08. The lowest BCUT2D eigenvalue weighted by molar-refractivity contribution is -0.116. The number of aromatic hydroxyl groups is 1. The number of phenols is 1. The molecular formula is C17H15ClFNO3. The Morgan fingerprint density at radius 2 is 1.83 bits per heavy atom. The summed E-state index contributed by atoms with van der Waals surface area (Å²) in [5.41, 5.74) is 1.43. The molecule has 2 aromatic rings. The third-order valence-electron chi connectivity index (χ3n) is 3.26. The average Bonchev–Trinajstić information content (AvgIpc) is 2.51. The first-order chi connectivity index (χ1) is 10.9. The highest BCUT2D eigenvalue weighted by Gasteiger charge is 2.13. The molecule has 120 valence electrons. The Kier molecular flexibility index (Phi) is 5.34. The summed E-state index contributed by atoms with van der Waals surface area (Å²) in [7, 11) is 0. The standard InChI is InChI=1S/C17H15ClFNO3/c1-10-2-4-11(5-3-10)15(21)6-7-17(23)20-14-8-12(18)16(22)9-13(14)19/h2-5,8-9,22H,6-7H2,1H3,(H,20,23). The molecule has 0 saturated heterocycles. The number of ketones is 1. The fourth-order valence-electron chi connectivity index (χ4n) is 1.96. The Hall–Kier alpha value is -2.40. The molecule has 0 heterocycles. The third kappa shape index (κ3) is 4.53. The SMILES string of the molecule is Cc1ccc(C(=O)CCC(=O)Nc2cc(Cl)c(O)cc2F)cc1. The Bertz CT molecular complexity index is 744. The van der Waals surface area contributed by atoms with Crippen LogP contribution in [0.4, 0.5) is 10.1 Å². The number of halogens is 2. The number of rotatable bonds is 5. The monoisotopic (exact) mass is 335 g/mol. The highest BCUT2D eigenvalue weighted by molar-refractivity contribution is 6.32. The summed E-state index contributed by atoms with van der Waals surface area (Å²) in [5.74, 6) is -1.88. The van der Waals surface area contributed by atoms with Gasteiger partial charge < -0.3 is 10.4 Å². The van der Waals surface area contributed by atoms with E-state index in [4.69, 9.17) is 11.6 Å². The molecule has 0 aliphatic rings. The van der Waals surface area contributed by atoms with Crippen molar-refractivity contribution in [2.24, 2.45) is 0 Å². The molecule has 0 aliphatic carbocycles. The van der Waals surface area contributed by atoms with Crippen LogP contribution in [-0.2, 0) is 4.79 Å². The summed E-state index contributed by atoms with van der Waals surface area (Å²) in [6.45, 7) is 1.92. The molecule has 6 heteroatoms. The van der Waals surface area contributed by atoms with E-state index in [9.17, 15) is 19.1 Å². The van der Waals surface area contributed by atoms with Crippen LogP contribution in [0.2, 0.25) is 5.02 Å². The van der Waals surface area contributed by atoms with E-state index in [1.54, 1.807) is 12.1 Å². The van der Waals surface area contributed by atoms with Crippen LogP contribution in [0.5, 0.6) is 5.75 Å². The number of nitrogens with one attached hydrogen (secondary N) is 1. The van der Waals surface area contributed by atoms with Crippen molar-refractivity contribution in [1.82, 2.24) is 0 Å². The summed E-state index contributed by atoms with van der Waals surface area (Å²) in [6, 6.07) is 8.98. The van der Waals surface area contributed by atoms with E-state index < -0.39 is 17.5 Å². The number of carbonyl (C=O) groups excluding carboxylic acids is 2. The predicted molar refractivity (Wildman–Crippen MR) is 86.4 cm³/mol. The van der Waals surface area contributed by atoms with Gasteiger partial charge in [-0.1, -0.05) is 41.4 Å². The van der Waals surface area contributed by atoms with Gasteiger partial charge in [0.25, 0.3) is 0 Å². The van der Waals surface area contributed by atoms with E-state index in [2.05, 4.69) is 5.32 Å². The maximum absolute atomic E-state index is 13.6. The van der Waals surface area contributed by atoms with Gasteiger partial charge >= 0.3 is 0 Å². The molecule has 0 aromatic heterocycles. The quantitative estimate of drug-likeness (QED) is 0.638. The van der Waals surface area contributed by atoms with Crippen LogP contribution >= 0.6 is 11.6 Å². The predicted octanol–water partition coefficient (Wildman–Crippen LogP) is 4.09. The number of amides is 1. The average molecular weight is 336 g/mol. The van der Waals surface area contributed by atoms with Gasteiger partial charge in [0.1, 0.15) is 11.6 Å². The van der Waals surface area contributed by atoms with Crippen LogP contribution in [0.3, 0.4) is 0 Å². The lowest BCUT2D eigenvalue weighted by atomic mass is 10.0. The van der Waals surface area contributed by atoms with Crippen molar-refractivity contribution in [1.29, 1.82) is 0 Å². The van der Waals surface area contributed by atoms with Gasteiger partial charge in [-0.25, -0.2) is 4.39 Å². The second-order valence-corrected chi connectivity index (χ2v) is 5.53. The Morgan fingerprint density at radius 3 is 2.48 bits per heavy atom. The fraction of sp³-hybridized carbons (Fsp3) is 0.176. The van der Waals surface area contributed by atoms with Gasteiger partial charge in [0.2, 0.25) is 5.91 Å². The molecular weight excluding hydrogens is 321 g/mol. The van der Waals surface area contributed by atoms with E-state index >= 15 is 0 Å². The molecule has 0 unspecified atom stereocenters. The number of aryl methyl sites for hydroxylation is 1. The highest BCUT2D eigenvalue weighted by Crippen LogP contribution is 2.29. The highest BCUT2D eigenvalue weighted by atomic mass is 35.5. The minimum absolute atomic E-state index is 0.0162. The van der Waals surface area contributed by atoms with Crippen molar-refractivity contribution in [3.63, 3.8) is 0 Å². The van der Waals surface area contributed by atoms with Crippen LogP contribution in [0.1, 0.15) is 28.8 Å². The zero-order valence-electron chi connectivity index (χ0n) is 12.4. The van der Waals surface area contributed by atoms with Gasteiger partial charge in [0.05, 0.1) is 10.7 Å². The van der Waals surface area contributed by atoms with E-state index in [-0.39, 0.29) is 29.3 Å². The minimum atomic E-state index is -0.801. The smallest absolute Gasteiger partial charge is 0.224 e. The number of carbonyl (C=O) groups is 2. The van der Waals surface area contributed by atoms with E-state index in [0.717, 1.165) is 17.7 Å². The second kappa shape index (κ2) is 7.24. The number of hydrogen-bond donors (Lipinski definition) is 2. The summed E-state index contributed by atoms with van der Waals surface area (Å²) in [4.78, 5) is 23.8. The Balaban J connectivity index is 1.94. The molecule has 2 N–H and O–H groups in total. The number of anilines is 1. The molecule has 4 nitrogen and oxygen atoms in total. The molecule has 0 radical (unpaired) electrons. The van der Waals surface area contributed by atoms with Gasteiger partial charge in [-0.3, -0.25) is 9.59 Å².